The van der Waals surface area contributed by atoms with Gasteiger partial charge in [0.25, 0.3) is 0 Å². The summed E-state index contributed by atoms with van der Waals surface area (Å²) < 4.78 is 10.5. The highest BCUT2D eigenvalue weighted by molar-refractivity contribution is 5.77. The van der Waals surface area contributed by atoms with Crippen LogP contribution >= 0.6 is 0 Å². The first-order valence-corrected chi connectivity index (χ1v) is 11.1. The van der Waals surface area contributed by atoms with Crippen LogP contribution in [-0.4, -0.2) is 46.3 Å². The number of carboxylic acids is 2. The summed E-state index contributed by atoms with van der Waals surface area (Å²) in [4.78, 5) is 44.3. The summed E-state index contributed by atoms with van der Waals surface area (Å²) in [6, 6.07) is 0. The Bertz CT molecular complexity index is 689. The van der Waals surface area contributed by atoms with Crippen LogP contribution in [0.2, 0.25) is 0 Å². The molecule has 4 bridgehead atoms. The Labute approximate surface area is 176 Å². The average molecular weight is 424 g/mol. The van der Waals surface area contributed by atoms with Gasteiger partial charge in [-0.1, -0.05) is 20.3 Å². The minimum Gasteiger partial charge on any atom is -0.481 e. The Morgan fingerprint density at radius 1 is 0.733 bits per heavy atom. The molecule has 0 amide bonds. The molecule has 2 N–H and O–H groups in total. The zero-order chi connectivity index (χ0) is 22.0. The third kappa shape index (κ3) is 4.78. The van der Waals surface area contributed by atoms with Gasteiger partial charge in [0.2, 0.25) is 0 Å². The number of hydrogen-bond acceptors (Lipinski definition) is 6. The highest BCUT2D eigenvalue weighted by Crippen LogP contribution is 2.45. The Morgan fingerprint density at radius 3 is 1.63 bits per heavy atom. The first-order chi connectivity index (χ1) is 14.2. The van der Waals surface area contributed by atoms with Crippen molar-refractivity contribution in [1.29, 1.82) is 0 Å². The molecule has 8 heteroatoms. The normalized spacial score (nSPS) is 38.9. The van der Waals surface area contributed by atoms with Gasteiger partial charge in [0.05, 0.1) is 18.3 Å². The lowest BCUT2D eigenvalue weighted by Gasteiger charge is -2.45. The molecule has 30 heavy (non-hydrogen) atoms. The molecule has 0 aromatic carbocycles. The second-order valence-electron chi connectivity index (χ2n) is 9.16. The van der Waals surface area contributed by atoms with E-state index in [1.54, 1.807) is 0 Å². The van der Waals surface area contributed by atoms with E-state index in [4.69, 9.17) is 19.7 Å². The first-order valence-electron chi connectivity index (χ1n) is 11.1. The van der Waals surface area contributed by atoms with Crippen LogP contribution in [0.15, 0.2) is 0 Å². The molecule has 0 aromatic rings. The number of esters is 2. The van der Waals surface area contributed by atoms with E-state index in [1.165, 1.54) is 0 Å². The van der Waals surface area contributed by atoms with Crippen molar-refractivity contribution in [2.75, 3.05) is 0 Å². The van der Waals surface area contributed by atoms with Crippen LogP contribution in [0, 0.1) is 35.5 Å². The van der Waals surface area contributed by atoms with E-state index in [-0.39, 0.29) is 60.7 Å². The fourth-order valence-corrected chi connectivity index (χ4v) is 5.76. The fraction of sp³-hybridized carbons (Fsp3) is 0.818. The Kier molecular flexibility index (Phi) is 7.03. The number of ether oxygens (including phenoxy) is 2. The zero-order valence-corrected chi connectivity index (χ0v) is 17.6. The van der Waals surface area contributed by atoms with Gasteiger partial charge < -0.3 is 19.7 Å². The maximum absolute atomic E-state index is 11.5. The van der Waals surface area contributed by atoms with E-state index in [2.05, 4.69) is 13.8 Å². The van der Waals surface area contributed by atoms with Gasteiger partial charge in [0.15, 0.2) is 0 Å². The third-order valence-electron chi connectivity index (χ3n) is 7.44. The van der Waals surface area contributed by atoms with Crippen molar-refractivity contribution >= 4 is 23.9 Å². The number of aliphatic carboxylic acids is 2. The van der Waals surface area contributed by atoms with Crippen LogP contribution in [0.25, 0.3) is 0 Å². The van der Waals surface area contributed by atoms with Crippen molar-refractivity contribution < 1.29 is 38.9 Å². The van der Waals surface area contributed by atoms with Gasteiger partial charge in [0.1, 0.15) is 12.2 Å². The molecule has 0 aromatic heterocycles. The molecular formula is C22H32O8. The van der Waals surface area contributed by atoms with E-state index in [0.717, 1.165) is 32.1 Å². The molecule has 2 saturated carbocycles. The molecule has 6 fully saturated rings. The topological polar surface area (TPSA) is 127 Å². The van der Waals surface area contributed by atoms with Crippen LogP contribution in [0.5, 0.6) is 0 Å². The van der Waals surface area contributed by atoms with Crippen LogP contribution < -0.4 is 0 Å². The van der Waals surface area contributed by atoms with Gasteiger partial charge in [-0.05, 0) is 49.9 Å². The number of rotatable bonds is 6. The van der Waals surface area contributed by atoms with Gasteiger partial charge in [-0.3, -0.25) is 19.2 Å². The first kappa shape index (κ1) is 22.6. The molecule has 0 radical (unpaired) electrons. The van der Waals surface area contributed by atoms with Crippen molar-refractivity contribution in [3.05, 3.63) is 0 Å². The standard InChI is InChI=1S/2C11H16O4/c1-2-6-4-9-7(5-10(12)13)3-8(6)11(14)15-9;1-2-6-3-8-7(5-10(12)13)4-9(6)15-11(8)14/h2*6-9H,2-5H2,1H3,(H,12,13). The van der Waals surface area contributed by atoms with Gasteiger partial charge in [-0.25, -0.2) is 0 Å². The number of carbonyl (C=O) groups is 4. The molecule has 8 nitrogen and oxygen atoms in total. The van der Waals surface area contributed by atoms with E-state index in [0.29, 0.717) is 18.3 Å². The van der Waals surface area contributed by atoms with Crippen molar-refractivity contribution in [2.45, 2.75) is 77.4 Å². The predicted octanol–water partition coefficient (Wildman–Crippen LogP) is 2.88. The van der Waals surface area contributed by atoms with Gasteiger partial charge in [0, 0.05) is 12.3 Å². The van der Waals surface area contributed by atoms with Gasteiger partial charge in [-0.2, -0.15) is 0 Å². The smallest absolute Gasteiger partial charge is 0.309 e. The molecule has 6 rings (SSSR count). The Balaban J connectivity index is 0.000000171. The molecule has 168 valence electrons. The van der Waals surface area contributed by atoms with Crippen LogP contribution in [0.3, 0.4) is 0 Å². The fourth-order valence-electron chi connectivity index (χ4n) is 5.76. The molecule has 4 saturated heterocycles. The summed E-state index contributed by atoms with van der Waals surface area (Å²) in [7, 11) is 0. The number of fused-ring (bicyclic) bond motifs is 6. The molecule has 0 spiro atoms. The minimum absolute atomic E-state index is 0.00319. The van der Waals surface area contributed by atoms with Crippen molar-refractivity contribution in [3.8, 4) is 0 Å². The highest BCUT2D eigenvalue weighted by Gasteiger charge is 2.49. The maximum Gasteiger partial charge on any atom is 0.309 e. The highest BCUT2D eigenvalue weighted by atomic mass is 16.6. The van der Waals surface area contributed by atoms with Crippen LogP contribution in [-0.2, 0) is 28.7 Å². The lowest BCUT2D eigenvalue weighted by atomic mass is 9.68. The number of carbonyl (C=O) groups excluding carboxylic acids is 2. The van der Waals surface area contributed by atoms with Gasteiger partial charge in [-0.15, -0.1) is 0 Å². The van der Waals surface area contributed by atoms with E-state index >= 15 is 0 Å². The zero-order valence-electron chi connectivity index (χ0n) is 17.6. The number of hydrogen-bond donors (Lipinski definition) is 2. The summed E-state index contributed by atoms with van der Waals surface area (Å²) in [5, 5.41) is 17.5. The maximum atomic E-state index is 11.5. The average Bonchev–Trinajstić information content (AvgIpc) is 2.68. The van der Waals surface area contributed by atoms with Crippen LogP contribution in [0.1, 0.15) is 65.2 Å². The molecular weight excluding hydrogens is 392 g/mol. The molecule has 4 aliphatic heterocycles. The van der Waals surface area contributed by atoms with E-state index < -0.39 is 11.9 Å². The summed E-state index contributed by atoms with van der Waals surface area (Å²) in [6.07, 6.45) is 5.15. The predicted molar refractivity (Wildman–Crippen MR) is 104 cm³/mol. The van der Waals surface area contributed by atoms with Crippen molar-refractivity contribution in [2.24, 2.45) is 35.5 Å². The summed E-state index contributed by atoms with van der Waals surface area (Å²) >= 11 is 0. The summed E-state index contributed by atoms with van der Waals surface area (Å²) in [6.45, 7) is 4.16. The van der Waals surface area contributed by atoms with Crippen LogP contribution in [0.4, 0.5) is 0 Å². The van der Waals surface area contributed by atoms with Crippen molar-refractivity contribution in [1.82, 2.24) is 0 Å². The molecule has 8 atom stereocenters. The van der Waals surface area contributed by atoms with E-state index in [1.807, 2.05) is 0 Å². The van der Waals surface area contributed by atoms with E-state index in [9.17, 15) is 19.2 Å². The monoisotopic (exact) mass is 424 g/mol. The molecule has 6 aliphatic rings. The lowest BCUT2D eigenvalue weighted by molar-refractivity contribution is -0.185. The quantitative estimate of drug-likeness (QED) is 0.623. The molecule has 2 aliphatic carbocycles. The number of carboxylic acid groups (broad SMARTS) is 2. The summed E-state index contributed by atoms with van der Waals surface area (Å²) in [5.74, 6) is -1.24. The second-order valence-corrected chi connectivity index (χ2v) is 9.16. The molecule has 4 heterocycles. The minimum atomic E-state index is -0.812. The summed E-state index contributed by atoms with van der Waals surface area (Å²) in [5.41, 5.74) is 0. The van der Waals surface area contributed by atoms with Gasteiger partial charge >= 0.3 is 23.9 Å². The Morgan fingerprint density at radius 2 is 1.17 bits per heavy atom. The molecule has 8 unspecified atom stereocenters. The largest absolute Gasteiger partial charge is 0.481 e. The Hall–Kier alpha value is -2.12. The SMILES string of the molecule is CCC1CC2C(=O)OC1CC2CC(=O)O.CCC1CC2OC(=O)C1CC2CC(=O)O. The van der Waals surface area contributed by atoms with Crippen molar-refractivity contribution in [3.63, 3.8) is 0 Å². The second kappa shape index (κ2) is 9.35. The third-order valence-corrected chi connectivity index (χ3v) is 7.44. The lowest BCUT2D eigenvalue weighted by Crippen LogP contribution is -2.49.